The van der Waals surface area contributed by atoms with E-state index in [9.17, 15) is 18.0 Å². The van der Waals surface area contributed by atoms with Crippen LogP contribution < -0.4 is 5.32 Å². The standard InChI is InChI=1S/C14H14F3N3O/c1-9-11(8-19-20(9)2)7-18-13(21)10-4-3-5-12(6-10)14(15,16)17/h3-6,8H,7H2,1-2H3,(H,18,21). The first kappa shape index (κ1) is 15.1. The third kappa shape index (κ3) is 3.42. The summed E-state index contributed by atoms with van der Waals surface area (Å²) in [4.78, 5) is 11.9. The van der Waals surface area contributed by atoms with Gasteiger partial charge in [-0.2, -0.15) is 18.3 Å². The van der Waals surface area contributed by atoms with Crippen LogP contribution in [0.2, 0.25) is 0 Å². The van der Waals surface area contributed by atoms with Crippen molar-refractivity contribution >= 4 is 5.91 Å². The Labute approximate surface area is 119 Å². The number of amides is 1. The van der Waals surface area contributed by atoms with E-state index in [0.717, 1.165) is 23.4 Å². The maximum absolute atomic E-state index is 12.6. The van der Waals surface area contributed by atoms with Crippen molar-refractivity contribution in [3.05, 3.63) is 52.8 Å². The normalized spacial score (nSPS) is 11.5. The summed E-state index contributed by atoms with van der Waals surface area (Å²) >= 11 is 0. The van der Waals surface area contributed by atoms with Crippen LogP contribution in [0.15, 0.2) is 30.5 Å². The number of rotatable bonds is 3. The number of halogens is 3. The molecule has 0 aliphatic carbocycles. The highest BCUT2D eigenvalue weighted by atomic mass is 19.4. The summed E-state index contributed by atoms with van der Waals surface area (Å²) in [6, 6.07) is 4.33. The maximum Gasteiger partial charge on any atom is 0.416 e. The van der Waals surface area contributed by atoms with E-state index in [1.54, 1.807) is 17.9 Å². The van der Waals surface area contributed by atoms with Gasteiger partial charge >= 0.3 is 6.18 Å². The monoisotopic (exact) mass is 297 g/mol. The first-order valence-corrected chi connectivity index (χ1v) is 6.22. The van der Waals surface area contributed by atoms with Crippen LogP contribution in [0.3, 0.4) is 0 Å². The first-order chi connectivity index (χ1) is 9.79. The van der Waals surface area contributed by atoms with E-state index in [4.69, 9.17) is 0 Å². The number of nitrogens with one attached hydrogen (secondary N) is 1. The quantitative estimate of drug-likeness (QED) is 0.947. The van der Waals surface area contributed by atoms with Gasteiger partial charge in [-0.15, -0.1) is 0 Å². The molecule has 0 saturated heterocycles. The van der Waals surface area contributed by atoms with Crippen molar-refractivity contribution in [2.75, 3.05) is 0 Å². The molecule has 4 nitrogen and oxygen atoms in total. The van der Waals surface area contributed by atoms with Gasteiger partial charge in [0, 0.05) is 30.4 Å². The highest BCUT2D eigenvalue weighted by Crippen LogP contribution is 2.29. The molecule has 0 aliphatic rings. The third-order valence-corrected chi connectivity index (χ3v) is 3.23. The first-order valence-electron chi connectivity index (χ1n) is 6.22. The van der Waals surface area contributed by atoms with Crippen molar-refractivity contribution in [1.29, 1.82) is 0 Å². The molecule has 0 aliphatic heterocycles. The molecule has 0 fully saturated rings. The molecule has 2 aromatic rings. The lowest BCUT2D eigenvalue weighted by Gasteiger charge is -2.09. The number of carbonyl (C=O) groups is 1. The molecule has 0 radical (unpaired) electrons. The van der Waals surface area contributed by atoms with E-state index in [0.29, 0.717) is 0 Å². The molecule has 112 valence electrons. The van der Waals surface area contributed by atoms with Crippen molar-refractivity contribution in [2.45, 2.75) is 19.6 Å². The van der Waals surface area contributed by atoms with Crippen LogP contribution >= 0.6 is 0 Å². The minimum Gasteiger partial charge on any atom is -0.348 e. The van der Waals surface area contributed by atoms with E-state index in [-0.39, 0.29) is 12.1 Å². The average molecular weight is 297 g/mol. The summed E-state index contributed by atoms with van der Waals surface area (Å²) in [6.07, 6.45) is -2.85. The summed E-state index contributed by atoms with van der Waals surface area (Å²) in [5.74, 6) is -0.552. The van der Waals surface area contributed by atoms with Crippen LogP contribution in [0.25, 0.3) is 0 Å². The van der Waals surface area contributed by atoms with Gasteiger partial charge in [-0.25, -0.2) is 0 Å². The van der Waals surface area contributed by atoms with E-state index in [2.05, 4.69) is 10.4 Å². The molecule has 1 heterocycles. The third-order valence-electron chi connectivity index (χ3n) is 3.23. The predicted octanol–water partition coefficient (Wildman–Crippen LogP) is 2.68. The Bertz CT molecular complexity index is 662. The molecule has 21 heavy (non-hydrogen) atoms. The number of carbonyl (C=O) groups excluding carboxylic acids is 1. The smallest absolute Gasteiger partial charge is 0.348 e. The van der Waals surface area contributed by atoms with Gasteiger partial charge in [0.1, 0.15) is 0 Å². The molecular formula is C14H14F3N3O. The fourth-order valence-electron chi connectivity index (χ4n) is 1.83. The number of aryl methyl sites for hydroxylation is 1. The molecule has 0 bridgehead atoms. The Hall–Kier alpha value is -2.31. The Morgan fingerprint density at radius 1 is 1.38 bits per heavy atom. The minimum atomic E-state index is -4.46. The second-order valence-corrected chi connectivity index (χ2v) is 4.64. The molecule has 1 aromatic carbocycles. The van der Waals surface area contributed by atoms with E-state index < -0.39 is 17.6 Å². The fraction of sp³-hybridized carbons (Fsp3) is 0.286. The number of alkyl halides is 3. The molecule has 0 unspecified atom stereocenters. The molecular weight excluding hydrogens is 283 g/mol. The molecule has 0 saturated carbocycles. The topological polar surface area (TPSA) is 46.9 Å². The number of benzene rings is 1. The lowest BCUT2D eigenvalue weighted by molar-refractivity contribution is -0.137. The summed E-state index contributed by atoms with van der Waals surface area (Å²) in [5.41, 5.74) is 0.844. The Balaban J connectivity index is 2.09. The van der Waals surface area contributed by atoms with Crippen molar-refractivity contribution in [3.63, 3.8) is 0 Å². The summed E-state index contributed by atoms with van der Waals surface area (Å²) < 4.78 is 39.4. The van der Waals surface area contributed by atoms with Gasteiger partial charge in [-0.1, -0.05) is 6.07 Å². The SMILES string of the molecule is Cc1c(CNC(=O)c2cccc(C(F)(F)F)c2)cnn1C. The number of hydrogen-bond donors (Lipinski definition) is 1. The van der Waals surface area contributed by atoms with Crippen molar-refractivity contribution in [2.24, 2.45) is 7.05 Å². The zero-order valence-corrected chi connectivity index (χ0v) is 11.5. The van der Waals surface area contributed by atoms with Crippen LogP contribution in [0, 0.1) is 6.92 Å². The molecule has 0 atom stereocenters. The molecule has 1 amide bonds. The highest BCUT2D eigenvalue weighted by molar-refractivity contribution is 5.94. The number of hydrogen-bond acceptors (Lipinski definition) is 2. The van der Waals surface area contributed by atoms with Crippen LogP contribution in [0.4, 0.5) is 13.2 Å². The van der Waals surface area contributed by atoms with Gasteiger partial charge in [0.25, 0.3) is 5.91 Å². The lowest BCUT2D eigenvalue weighted by atomic mass is 10.1. The summed E-state index contributed by atoms with van der Waals surface area (Å²) in [7, 11) is 1.77. The molecule has 7 heteroatoms. The number of aromatic nitrogens is 2. The van der Waals surface area contributed by atoms with Crippen molar-refractivity contribution < 1.29 is 18.0 Å². The van der Waals surface area contributed by atoms with Gasteiger partial charge in [-0.05, 0) is 25.1 Å². The maximum atomic E-state index is 12.6. The van der Waals surface area contributed by atoms with Crippen LogP contribution in [-0.4, -0.2) is 15.7 Å². The van der Waals surface area contributed by atoms with Crippen LogP contribution in [0.5, 0.6) is 0 Å². The van der Waals surface area contributed by atoms with Crippen LogP contribution in [0.1, 0.15) is 27.2 Å². The van der Waals surface area contributed by atoms with E-state index in [1.807, 2.05) is 6.92 Å². The minimum absolute atomic E-state index is 0.0219. The molecule has 2 rings (SSSR count). The van der Waals surface area contributed by atoms with Gasteiger partial charge in [0.15, 0.2) is 0 Å². The summed E-state index contributed by atoms with van der Waals surface area (Å²) in [5, 5.41) is 6.62. The average Bonchev–Trinajstić information content (AvgIpc) is 2.75. The second kappa shape index (κ2) is 5.59. The Morgan fingerprint density at radius 2 is 2.10 bits per heavy atom. The van der Waals surface area contributed by atoms with Gasteiger partial charge < -0.3 is 5.32 Å². The zero-order valence-electron chi connectivity index (χ0n) is 11.5. The predicted molar refractivity (Wildman–Crippen MR) is 70.6 cm³/mol. The lowest BCUT2D eigenvalue weighted by Crippen LogP contribution is -2.23. The van der Waals surface area contributed by atoms with Crippen LogP contribution in [-0.2, 0) is 19.8 Å². The largest absolute Gasteiger partial charge is 0.416 e. The Morgan fingerprint density at radius 3 is 2.67 bits per heavy atom. The second-order valence-electron chi connectivity index (χ2n) is 4.64. The molecule has 0 spiro atoms. The van der Waals surface area contributed by atoms with Gasteiger partial charge in [-0.3, -0.25) is 9.48 Å². The zero-order chi connectivity index (χ0) is 15.6. The molecule has 1 N–H and O–H groups in total. The number of nitrogens with zero attached hydrogens (tertiary/aromatic N) is 2. The fourth-order valence-corrected chi connectivity index (χ4v) is 1.83. The van der Waals surface area contributed by atoms with Crippen molar-refractivity contribution in [3.8, 4) is 0 Å². The Kier molecular flexibility index (Phi) is 4.02. The molecule has 1 aromatic heterocycles. The van der Waals surface area contributed by atoms with E-state index in [1.165, 1.54) is 12.1 Å². The summed E-state index contributed by atoms with van der Waals surface area (Å²) in [6.45, 7) is 2.06. The van der Waals surface area contributed by atoms with E-state index >= 15 is 0 Å². The van der Waals surface area contributed by atoms with Gasteiger partial charge in [0.2, 0.25) is 0 Å². The van der Waals surface area contributed by atoms with Gasteiger partial charge in [0.05, 0.1) is 11.8 Å². The highest BCUT2D eigenvalue weighted by Gasteiger charge is 2.30. The van der Waals surface area contributed by atoms with Crippen molar-refractivity contribution in [1.82, 2.24) is 15.1 Å².